The second kappa shape index (κ2) is 6.59. The van der Waals surface area contributed by atoms with Gasteiger partial charge in [0.15, 0.2) is 0 Å². The number of primary amides is 1. The second-order valence-corrected chi connectivity index (χ2v) is 4.96. The molecule has 3 unspecified atom stereocenters. The van der Waals surface area contributed by atoms with Gasteiger partial charge in [-0.1, -0.05) is 26.2 Å². The zero-order valence-electron chi connectivity index (χ0n) is 10.7. The Morgan fingerprint density at radius 1 is 1.24 bits per heavy atom. The maximum Gasteiger partial charge on any atom is 0.318 e. The lowest BCUT2D eigenvalue weighted by atomic mass is 9.96. The number of carbonyl (C=O) groups is 2. The third kappa shape index (κ3) is 4.73. The molecule has 5 heteroatoms. The average molecular weight is 241 g/mol. The summed E-state index contributed by atoms with van der Waals surface area (Å²) in [5, 5.41) is 5.39. The van der Waals surface area contributed by atoms with E-state index >= 15 is 0 Å². The highest BCUT2D eigenvalue weighted by Gasteiger charge is 2.24. The van der Waals surface area contributed by atoms with E-state index in [1.807, 2.05) is 0 Å². The number of hydrogen-bond donors (Lipinski definition) is 3. The summed E-state index contributed by atoms with van der Waals surface area (Å²) in [6, 6.07) is -0.822. The van der Waals surface area contributed by atoms with Gasteiger partial charge >= 0.3 is 6.03 Å². The lowest BCUT2D eigenvalue weighted by Gasteiger charge is -2.26. The Morgan fingerprint density at radius 3 is 2.53 bits per heavy atom. The first-order chi connectivity index (χ1) is 8.00. The molecule has 0 saturated heterocycles. The van der Waals surface area contributed by atoms with Crippen molar-refractivity contribution in [2.24, 2.45) is 11.7 Å². The van der Waals surface area contributed by atoms with Crippen molar-refractivity contribution >= 4 is 11.9 Å². The van der Waals surface area contributed by atoms with Gasteiger partial charge < -0.3 is 11.1 Å². The van der Waals surface area contributed by atoms with E-state index in [4.69, 9.17) is 5.73 Å². The standard InChI is InChI=1S/C12H23N3O2/c1-8-6-4-3-5-7-10(8)14-9(2)11(16)15-12(13)17/h8-10,14H,3-7H2,1-2H3,(H3,13,15,16,17). The number of carbonyl (C=O) groups excluding carboxylic acids is 2. The van der Waals surface area contributed by atoms with Crippen LogP contribution in [0.4, 0.5) is 4.79 Å². The molecule has 1 saturated carbocycles. The maximum absolute atomic E-state index is 11.5. The van der Waals surface area contributed by atoms with Crippen LogP contribution in [0.5, 0.6) is 0 Å². The highest BCUT2D eigenvalue weighted by molar-refractivity contribution is 5.96. The molecule has 0 aliphatic heterocycles. The van der Waals surface area contributed by atoms with Gasteiger partial charge in [0.25, 0.3) is 0 Å². The molecule has 0 aromatic rings. The molecule has 1 aliphatic rings. The second-order valence-electron chi connectivity index (χ2n) is 4.96. The van der Waals surface area contributed by atoms with Crippen LogP contribution >= 0.6 is 0 Å². The molecule has 0 aromatic heterocycles. The van der Waals surface area contributed by atoms with Gasteiger partial charge in [-0.25, -0.2) is 4.79 Å². The normalized spacial score (nSPS) is 26.9. The number of rotatable bonds is 3. The average Bonchev–Trinajstić information content (AvgIpc) is 2.43. The largest absolute Gasteiger partial charge is 0.351 e. The molecule has 1 rings (SSSR count). The third-order valence-electron chi connectivity index (χ3n) is 3.47. The van der Waals surface area contributed by atoms with Crippen molar-refractivity contribution in [3.8, 4) is 0 Å². The summed E-state index contributed by atoms with van der Waals surface area (Å²) in [5.74, 6) is 0.218. The monoisotopic (exact) mass is 241 g/mol. The molecule has 3 atom stereocenters. The van der Waals surface area contributed by atoms with Crippen molar-refractivity contribution in [2.45, 2.75) is 58.0 Å². The molecular weight excluding hydrogens is 218 g/mol. The van der Waals surface area contributed by atoms with Gasteiger partial charge in [-0.05, 0) is 25.7 Å². The van der Waals surface area contributed by atoms with Gasteiger partial charge in [-0.2, -0.15) is 0 Å². The molecule has 0 spiro atoms. The minimum atomic E-state index is -0.794. The van der Waals surface area contributed by atoms with Crippen LogP contribution in [-0.2, 0) is 4.79 Å². The quantitative estimate of drug-likeness (QED) is 0.647. The van der Waals surface area contributed by atoms with Crippen molar-refractivity contribution in [2.75, 3.05) is 0 Å². The summed E-state index contributed by atoms with van der Waals surface area (Å²) in [4.78, 5) is 22.1. The first kappa shape index (κ1) is 14.0. The van der Waals surface area contributed by atoms with E-state index in [1.54, 1.807) is 6.92 Å². The first-order valence-electron chi connectivity index (χ1n) is 6.37. The lowest BCUT2D eigenvalue weighted by Crippen LogP contribution is -2.50. The van der Waals surface area contributed by atoms with Crippen LogP contribution in [0, 0.1) is 5.92 Å². The molecule has 5 nitrogen and oxygen atoms in total. The third-order valence-corrected chi connectivity index (χ3v) is 3.47. The van der Waals surface area contributed by atoms with Gasteiger partial charge in [-0.15, -0.1) is 0 Å². The maximum atomic E-state index is 11.5. The predicted octanol–water partition coefficient (Wildman–Crippen LogP) is 1.13. The summed E-state index contributed by atoms with van der Waals surface area (Å²) in [7, 11) is 0. The Labute approximate surface area is 103 Å². The Morgan fingerprint density at radius 2 is 1.88 bits per heavy atom. The smallest absolute Gasteiger partial charge is 0.318 e. The SMILES string of the molecule is CC(NC1CCCCCC1C)C(=O)NC(N)=O. The molecule has 1 fully saturated rings. The van der Waals surface area contributed by atoms with E-state index in [9.17, 15) is 9.59 Å². The van der Waals surface area contributed by atoms with E-state index in [2.05, 4.69) is 17.6 Å². The molecule has 0 radical (unpaired) electrons. The molecular formula is C12H23N3O2. The molecule has 3 amide bonds. The van der Waals surface area contributed by atoms with E-state index in [0.29, 0.717) is 12.0 Å². The number of amides is 3. The number of hydrogen-bond acceptors (Lipinski definition) is 3. The molecule has 0 bridgehead atoms. The molecule has 0 heterocycles. The van der Waals surface area contributed by atoms with Crippen LogP contribution in [0.1, 0.15) is 46.0 Å². The summed E-state index contributed by atoms with van der Waals surface area (Å²) >= 11 is 0. The fraction of sp³-hybridized carbons (Fsp3) is 0.833. The van der Waals surface area contributed by atoms with E-state index in [-0.39, 0.29) is 11.9 Å². The van der Waals surface area contributed by atoms with Crippen LogP contribution in [0.2, 0.25) is 0 Å². The molecule has 1 aliphatic carbocycles. The van der Waals surface area contributed by atoms with Crippen molar-refractivity contribution in [1.82, 2.24) is 10.6 Å². The van der Waals surface area contributed by atoms with Gasteiger partial charge in [0.1, 0.15) is 0 Å². The van der Waals surface area contributed by atoms with Crippen molar-refractivity contribution < 1.29 is 9.59 Å². The van der Waals surface area contributed by atoms with Gasteiger partial charge in [0.2, 0.25) is 5.91 Å². The first-order valence-corrected chi connectivity index (χ1v) is 6.37. The Hall–Kier alpha value is -1.10. The van der Waals surface area contributed by atoms with E-state index < -0.39 is 6.03 Å². The fourth-order valence-corrected chi connectivity index (χ4v) is 2.37. The zero-order valence-corrected chi connectivity index (χ0v) is 10.7. The minimum absolute atomic E-state index is 0.353. The zero-order chi connectivity index (χ0) is 12.8. The number of imide groups is 1. The highest BCUT2D eigenvalue weighted by Crippen LogP contribution is 2.23. The summed E-state index contributed by atoms with van der Waals surface area (Å²) in [5.41, 5.74) is 4.92. The van der Waals surface area contributed by atoms with Gasteiger partial charge in [0, 0.05) is 6.04 Å². The van der Waals surface area contributed by atoms with Crippen LogP contribution in [0.25, 0.3) is 0 Å². The number of nitrogens with one attached hydrogen (secondary N) is 2. The highest BCUT2D eigenvalue weighted by atomic mass is 16.2. The molecule has 4 N–H and O–H groups in total. The summed E-state index contributed by atoms with van der Waals surface area (Å²) < 4.78 is 0. The van der Waals surface area contributed by atoms with Gasteiger partial charge in [0.05, 0.1) is 6.04 Å². The van der Waals surface area contributed by atoms with Crippen molar-refractivity contribution in [3.63, 3.8) is 0 Å². The summed E-state index contributed by atoms with van der Waals surface area (Å²) in [6.07, 6.45) is 6.02. The topological polar surface area (TPSA) is 84.2 Å². The lowest BCUT2D eigenvalue weighted by molar-refractivity contribution is -0.121. The van der Waals surface area contributed by atoms with Crippen LogP contribution in [-0.4, -0.2) is 24.0 Å². The Kier molecular flexibility index (Phi) is 5.41. The minimum Gasteiger partial charge on any atom is -0.351 e. The van der Waals surface area contributed by atoms with E-state index in [0.717, 1.165) is 6.42 Å². The van der Waals surface area contributed by atoms with E-state index in [1.165, 1.54) is 25.7 Å². The van der Waals surface area contributed by atoms with Gasteiger partial charge in [-0.3, -0.25) is 10.1 Å². The predicted molar refractivity (Wildman–Crippen MR) is 66.4 cm³/mol. The number of urea groups is 1. The molecule has 98 valence electrons. The number of nitrogens with two attached hydrogens (primary N) is 1. The Bertz CT molecular complexity index is 281. The van der Waals surface area contributed by atoms with Crippen LogP contribution < -0.4 is 16.4 Å². The van der Waals surface area contributed by atoms with Crippen molar-refractivity contribution in [3.05, 3.63) is 0 Å². The Balaban J connectivity index is 2.45. The van der Waals surface area contributed by atoms with Crippen molar-refractivity contribution in [1.29, 1.82) is 0 Å². The molecule has 0 aromatic carbocycles. The van der Waals surface area contributed by atoms with Crippen LogP contribution in [0.3, 0.4) is 0 Å². The summed E-state index contributed by atoms with van der Waals surface area (Å²) in [6.45, 7) is 3.97. The fourth-order valence-electron chi connectivity index (χ4n) is 2.37. The van der Waals surface area contributed by atoms with Crippen LogP contribution in [0.15, 0.2) is 0 Å². The molecule has 17 heavy (non-hydrogen) atoms.